The van der Waals surface area contributed by atoms with Crippen molar-refractivity contribution in [3.05, 3.63) is 35.9 Å². The van der Waals surface area contributed by atoms with Crippen LogP contribution in [0.5, 0.6) is 0 Å². The summed E-state index contributed by atoms with van der Waals surface area (Å²) in [5.41, 5.74) is 1.05. The fourth-order valence-corrected chi connectivity index (χ4v) is 8.13. The van der Waals surface area contributed by atoms with Crippen LogP contribution in [0, 0.1) is 22.7 Å². The standard InChI is InChI=1S/C25H34FNO2/c26-8-7-23-11-18-12-24(15-23,20-4-2-1-3-5-20)17-25(13-18,16-23)22(29)10-19-6-9-27-14-21(19)28/h1-5,18-19,21,27-28H,6-17H2/t18?,19-,21+,23+,24+,25?/m0/s1. The Morgan fingerprint density at radius 2 is 1.97 bits per heavy atom. The SMILES string of the molecule is O=C(C[C@@H]1CCNC[C@H]1O)C12CC3C[C@@](CCF)(C1)C[C@](c1ccccc1)(C3)C2. The Morgan fingerprint density at radius 1 is 1.14 bits per heavy atom. The molecule has 1 aromatic rings. The molecule has 0 aromatic heterocycles. The summed E-state index contributed by atoms with van der Waals surface area (Å²) >= 11 is 0. The fraction of sp³-hybridized carbons (Fsp3) is 0.720. The molecular weight excluding hydrogens is 365 g/mol. The van der Waals surface area contributed by atoms with Crippen LogP contribution in [0.25, 0.3) is 0 Å². The molecule has 6 atom stereocenters. The van der Waals surface area contributed by atoms with Crippen molar-refractivity contribution in [2.75, 3.05) is 19.8 Å². The number of aliphatic hydroxyl groups is 1. The second-order valence-corrected chi connectivity index (χ2v) is 10.8. The van der Waals surface area contributed by atoms with Crippen LogP contribution in [0.15, 0.2) is 30.3 Å². The van der Waals surface area contributed by atoms with Crippen LogP contribution in [0.3, 0.4) is 0 Å². The zero-order valence-corrected chi connectivity index (χ0v) is 17.3. The molecule has 0 amide bonds. The molecule has 2 unspecified atom stereocenters. The summed E-state index contributed by atoms with van der Waals surface area (Å²) in [7, 11) is 0. The van der Waals surface area contributed by atoms with Gasteiger partial charge in [-0.2, -0.15) is 0 Å². The van der Waals surface area contributed by atoms with Crippen molar-refractivity contribution in [2.24, 2.45) is 22.7 Å². The molecule has 1 aromatic carbocycles. The Bertz CT molecular complexity index is 769. The highest BCUT2D eigenvalue weighted by Crippen LogP contribution is 2.71. The molecule has 5 aliphatic rings. The smallest absolute Gasteiger partial charge is 0.139 e. The minimum atomic E-state index is -0.426. The number of alkyl halides is 1. The van der Waals surface area contributed by atoms with Gasteiger partial charge in [0.2, 0.25) is 0 Å². The molecule has 0 radical (unpaired) electrons. The predicted octanol–water partition coefficient (Wildman–Crippen LogP) is 4.18. The van der Waals surface area contributed by atoms with E-state index in [1.165, 1.54) is 5.56 Å². The summed E-state index contributed by atoms with van der Waals surface area (Å²) in [6.45, 7) is 1.19. The average molecular weight is 400 g/mol. The number of hydrogen-bond acceptors (Lipinski definition) is 3. The van der Waals surface area contributed by atoms with Crippen LogP contribution in [0.2, 0.25) is 0 Å². The molecule has 4 aliphatic carbocycles. The Balaban J connectivity index is 1.48. The van der Waals surface area contributed by atoms with E-state index < -0.39 is 6.10 Å². The van der Waals surface area contributed by atoms with Gasteiger partial charge in [0.25, 0.3) is 0 Å². The van der Waals surface area contributed by atoms with Gasteiger partial charge in [0, 0.05) is 18.4 Å². The monoisotopic (exact) mass is 399 g/mol. The van der Waals surface area contributed by atoms with Crippen molar-refractivity contribution in [2.45, 2.75) is 69.3 Å². The molecule has 4 heteroatoms. The number of aliphatic hydroxyl groups excluding tert-OH is 1. The summed E-state index contributed by atoms with van der Waals surface area (Å²) in [5, 5.41) is 13.6. The molecule has 158 valence electrons. The van der Waals surface area contributed by atoms with Crippen LogP contribution in [-0.4, -0.2) is 36.8 Å². The van der Waals surface area contributed by atoms with Gasteiger partial charge in [0.15, 0.2) is 0 Å². The van der Waals surface area contributed by atoms with E-state index >= 15 is 0 Å². The molecule has 0 spiro atoms. The van der Waals surface area contributed by atoms with E-state index in [0.29, 0.717) is 31.1 Å². The van der Waals surface area contributed by atoms with E-state index in [0.717, 1.165) is 51.5 Å². The van der Waals surface area contributed by atoms with Gasteiger partial charge in [-0.15, -0.1) is 0 Å². The second-order valence-electron chi connectivity index (χ2n) is 10.8. The molecule has 29 heavy (non-hydrogen) atoms. The van der Waals surface area contributed by atoms with Gasteiger partial charge in [0.05, 0.1) is 12.8 Å². The average Bonchev–Trinajstić information content (AvgIpc) is 2.69. The van der Waals surface area contributed by atoms with E-state index in [2.05, 4.69) is 35.6 Å². The molecule has 4 bridgehead atoms. The van der Waals surface area contributed by atoms with Gasteiger partial charge in [-0.3, -0.25) is 9.18 Å². The molecule has 1 aliphatic heterocycles. The third-order valence-corrected chi connectivity index (χ3v) is 8.82. The molecule has 6 rings (SSSR count). The first-order valence-corrected chi connectivity index (χ1v) is 11.5. The lowest BCUT2D eigenvalue weighted by Crippen LogP contribution is -2.61. The lowest BCUT2D eigenvalue weighted by atomic mass is 9.37. The number of piperidine rings is 1. The summed E-state index contributed by atoms with van der Waals surface area (Å²) in [4.78, 5) is 13.8. The molecule has 1 saturated heterocycles. The molecule has 1 heterocycles. The lowest BCUT2D eigenvalue weighted by molar-refractivity contribution is -0.164. The van der Waals surface area contributed by atoms with Crippen LogP contribution < -0.4 is 5.32 Å². The zero-order chi connectivity index (χ0) is 20.1. The molecule has 4 saturated carbocycles. The first-order chi connectivity index (χ1) is 14.0. The second kappa shape index (κ2) is 7.16. The number of benzene rings is 1. The van der Waals surface area contributed by atoms with Crippen LogP contribution in [-0.2, 0) is 10.2 Å². The summed E-state index contributed by atoms with van der Waals surface area (Å²) < 4.78 is 13.7. The lowest BCUT2D eigenvalue weighted by Gasteiger charge is -2.66. The first kappa shape index (κ1) is 19.7. The van der Waals surface area contributed by atoms with E-state index in [9.17, 15) is 14.3 Å². The normalized spacial score (nSPS) is 43.4. The quantitative estimate of drug-likeness (QED) is 0.754. The van der Waals surface area contributed by atoms with Crippen molar-refractivity contribution in [3.8, 4) is 0 Å². The maximum absolute atomic E-state index is 13.8. The zero-order valence-electron chi connectivity index (χ0n) is 17.3. The third-order valence-electron chi connectivity index (χ3n) is 8.82. The van der Waals surface area contributed by atoms with E-state index in [-0.39, 0.29) is 28.8 Å². The van der Waals surface area contributed by atoms with Crippen molar-refractivity contribution in [3.63, 3.8) is 0 Å². The Kier molecular flexibility index (Phi) is 4.86. The highest BCUT2D eigenvalue weighted by molar-refractivity contribution is 5.86. The number of carbonyl (C=O) groups excluding carboxylic acids is 1. The van der Waals surface area contributed by atoms with Gasteiger partial charge < -0.3 is 10.4 Å². The number of nitrogens with one attached hydrogen (secondary N) is 1. The highest BCUT2D eigenvalue weighted by atomic mass is 19.1. The summed E-state index contributed by atoms with van der Waals surface area (Å²) in [6.07, 6.45) is 7.59. The third kappa shape index (κ3) is 3.27. The van der Waals surface area contributed by atoms with Crippen molar-refractivity contribution in [1.29, 1.82) is 0 Å². The maximum atomic E-state index is 13.8. The topological polar surface area (TPSA) is 49.3 Å². The minimum absolute atomic E-state index is 0.0214. The fourth-order valence-electron chi connectivity index (χ4n) is 8.13. The molecule has 3 nitrogen and oxygen atoms in total. The van der Waals surface area contributed by atoms with E-state index in [4.69, 9.17) is 0 Å². The maximum Gasteiger partial charge on any atom is 0.139 e. The number of hydrogen-bond donors (Lipinski definition) is 2. The van der Waals surface area contributed by atoms with E-state index in [1.54, 1.807) is 0 Å². The number of β-amino-alcohol motifs (C(OH)–C–C–N with tert-alkyl or cyclic N) is 1. The van der Waals surface area contributed by atoms with Gasteiger partial charge in [-0.25, -0.2) is 0 Å². The van der Waals surface area contributed by atoms with Crippen molar-refractivity contribution >= 4 is 5.78 Å². The van der Waals surface area contributed by atoms with Gasteiger partial charge in [0.1, 0.15) is 5.78 Å². The van der Waals surface area contributed by atoms with Crippen LogP contribution in [0.4, 0.5) is 4.39 Å². The van der Waals surface area contributed by atoms with Crippen molar-refractivity contribution in [1.82, 2.24) is 5.32 Å². The van der Waals surface area contributed by atoms with Gasteiger partial charge in [-0.05, 0) is 86.1 Å². The van der Waals surface area contributed by atoms with Gasteiger partial charge >= 0.3 is 0 Å². The minimum Gasteiger partial charge on any atom is -0.392 e. The number of rotatable bonds is 6. The first-order valence-electron chi connectivity index (χ1n) is 11.5. The largest absolute Gasteiger partial charge is 0.392 e. The van der Waals surface area contributed by atoms with Crippen molar-refractivity contribution < 1.29 is 14.3 Å². The molecule has 2 N–H and O–H groups in total. The number of ketones is 1. The number of halogens is 1. The Hall–Kier alpha value is -1.26. The number of carbonyl (C=O) groups is 1. The Morgan fingerprint density at radius 3 is 2.72 bits per heavy atom. The predicted molar refractivity (Wildman–Crippen MR) is 111 cm³/mol. The van der Waals surface area contributed by atoms with Crippen LogP contribution in [0.1, 0.15) is 63.4 Å². The summed E-state index contributed by atoms with van der Waals surface area (Å²) in [6, 6.07) is 10.7. The van der Waals surface area contributed by atoms with E-state index in [1.807, 2.05) is 0 Å². The Labute approximate surface area is 173 Å². The molecule has 5 fully saturated rings. The highest BCUT2D eigenvalue weighted by Gasteiger charge is 2.65. The van der Waals surface area contributed by atoms with Crippen LogP contribution >= 0.6 is 0 Å². The van der Waals surface area contributed by atoms with Gasteiger partial charge in [-0.1, -0.05) is 30.3 Å². The molecular formula is C25H34FNO2. The summed E-state index contributed by atoms with van der Waals surface area (Å²) in [5.74, 6) is 0.956. The number of Topliss-reactive ketones (excluding diaryl/α,β-unsaturated/α-hetero) is 1.